The van der Waals surface area contributed by atoms with Crippen molar-refractivity contribution >= 4 is 5.96 Å². The van der Waals surface area contributed by atoms with Crippen LogP contribution < -0.4 is 10.5 Å². The number of hydrogen-bond donors (Lipinski definition) is 4. The summed E-state index contributed by atoms with van der Waals surface area (Å²) in [5.74, 6) is 0.798. The van der Waals surface area contributed by atoms with Crippen LogP contribution in [0.15, 0.2) is 12.1 Å². The van der Waals surface area contributed by atoms with Crippen molar-refractivity contribution in [2.75, 3.05) is 13.7 Å². The second-order valence-corrected chi connectivity index (χ2v) is 10.7. The Kier molecular flexibility index (Phi) is 3.28. The first-order chi connectivity index (χ1) is 14.1. The number of fused-ring (bicyclic) bond motifs is 2. The third kappa shape index (κ3) is 1.73. The molecule has 4 aliphatic carbocycles. The summed E-state index contributed by atoms with van der Waals surface area (Å²) in [4.78, 5) is 2.07. The van der Waals surface area contributed by atoms with Gasteiger partial charge in [-0.15, -0.1) is 0 Å². The van der Waals surface area contributed by atoms with E-state index in [0.29, 0.717) is 12.3 Å². The lowest BCUT2D eigenvalue weighted by molar-refractivity contribution is -0.296. The van der Waals surface area contributed by atoms with Crippen LogP contribution in [0.1, 0.15) is 50.7 Å². The van der Waals surface area contributed by atoms with E-state index >= 15 is 0 Å². The molecular weight excluding hydrogens is 382 g/mol. The van der Waals surface area contributed by atoms with Crippen molar-refractivity contribution in [2.24, 2.45) is 17.1 Å². The maximum absolute atomic E-state index is 11.2. The van der Waals surface area contributed by atoms with Crippen molar-refractivity contribution in [2.45, 2.75) is 74.7 Å². The number of phenols is 1. The minimum atomic E-state index is -0.944. The lowest BCUT2D eigenvalue weighted by Gasteiger charge is -2.74. The quantitative estimate of drug-likeness (QED) is 0.435. The van der Waals surface area contributed by atoms with E-state index in [1.165, 1.54) is 5.56 Å². The Bertz CT molecular complexity index is 974. The molecule has 0 amide bonds. The summed E-state index contributed by atoms with van der Waals surface area (Å²) in [6, 6.07) is 3.82. The molecule has 5 N–H and O–H groups in total. The fourth-order valence-corrected chi connectivity index (χ4v) is 8.58. The van der Waals surface area contributed by atoms with Crippen molar-refractivity contribution < 1.29 is 19.7 Å². The summed E-state index contributed by atoms with van der Waals surface area (Å²) in [7, 11) is 1.74. The van der Waals surface area contributed by atoms with Crippen LogP contribution in [0, 0.1) is 16.7 Å². The van der Waals surface area contributed by atoms with E-state index in [1.54, 1.807) is 13.2 Å². The number of aliphatic hydroxyl groups is 1. The number of methoxy groups -OCH3 is 1. The van der Waals surface area contributed by atoms with Crippen LogP contribution in [0.2, 0.25) is 0 Å². The predicted molar refractivity (Wildman–Crippen MR) is 111 cm³/mol. The van der Waals surface area contributed by atoms with Crippen LogP contribution >= 0.6 is 0 Å². The van der Waals surface area contributed by atoms with Crippen molar-refractivity contribution in [3.05, 3.63) is 23.3 Å². The third-order valence-corrected chi connectivity index (χ3v) is 9.52. The molecule has 3 saturated carbocycles. The van der Waals surface area contributed by atoms with Gasteiger partial charge in [0.1, 0.15) is 11.7 Å². The summed E-state index contributed by atoms with van der Waals surface area (Å²) in [6.45, 7) is 4.44. The Labute approximate surface area is 176 Å². The highest BCUT2D eigenvalue weighted by atomic mass is 16.6. The minimum Gasteiger partial charge on any atom is -0.504 e. The highest BCUT2D eigenvalue weighted by Gasteiger charge is 2.81. The maximum Gasteiger partial charge on any atom is 0.188 e. The number of benzene rings is 1. The van der Waals surface area contributed by atoms with Gasteiger partial charge in [0.15, 0.2) is 17.5 Å². The second kappa shape index (κ2) is 5.25. The Morgan fingerprint density at radius 1 is 1.33 bits per heavy atom. The first-order valence-corrected chi connectivity index (χ1v) is 11.0. The number of nitrogens with one attached hydrogen (secondary N) is 1. The summed E-state index contributed by atoms with van der Waals surface area (Å²) in [6.07, 6.45) is 3.84. The molecule has 7 heteroatoms. The fourth-order valence-electron chi connectivity index (χ4n) is 8.58. The number of phenolic OH excluding ortho intramolecular Hbond substituents is 1. The van der Waals surface area contributed by atoms with Crippen molar-refractivity contribution in [3.8, 4) is 11.5 Å². The number of rotatable bonds is 2. The van der Waals surface area contributed by atoms with Crippen LogP contribution in [0.5, 0.6) is 11.5 Å². The number of nitrogens with zero attached hydrogens (tertiary/aromatic N) is 1. The van der Waals surface area contributed by atoms with Gasteiger partial charge in [0.05, 0.1) is 5.60 Å². The molecule has 0 unspecified atom stereocenters. The van der Waals surface area contributed by atoms with Crippen molar-refractivity contribution in [3.63, 3.8) is 0 Å². The Balaban J connectivity index is 1.68. The summed E-state index contributed by atoms with van der Waals surface area (Å²) in [5.41, 5.74) is 6.38. The molecule has 1 aromatic carbocycles. The average Bonchev–Trinajstić information content (AvgIpc) is 3.05. The molecule has 7 rings (SSSR count). The Hall–Kier alpha value is -1.99. The number of ether oxygens (including phenoxy) is 2. The molecule has 30 heavy (non-hydrogen) atoms. The first kappa shape index (κ1) is 18.8. The molecule has 1 saturated heterocycles. The molecule has 7 nitrogen and oxygen atoms in total. The molecule has 0 aromatic heterocycles. The van der Waals surface area contributed by atoms with Gasteiger partial charge < -0.3 is 30.3 Å². The number of piperidine rings is 1. The van der Waals surface area contributed by atoms with Gasteiger partial charge in [0, 0.05) is 42.0 Å². The van der Waals surface area contributed by atoms with Gasteiger partial charge in [-0.05, 0) is 57.6 Å². The molecule has 0 radical (unpaired) electrons. The van der Waals surface area contributed by atoms with Gasteiger partial charge in [-0.3, -0.25) is 5.41 Å². The van der Waals surface area contributed by atoms with E-state index in [0.717, 1.165) is 37.7 Å². The SMILES string of the molecule is CO[C@@]12CC[C@@]3(C[C@@H]1C(C)(C)O)[C@H]1Cc4ccc(O)c5c4[C@@]3(CCN1C(=N)N)[C@H]2O5. The lowest BCUT2D eigenvalue weighted by Crippen LogP contribution is -2.82. The van der Waals surface area contributed by atoms with Gasteiger partial charge in [0.2, 0.25) is 0 Å². The smallest absolute Gasteiger partial charge is 0.188 e. The van der Waals surface area contributed by atoms with E-state index in [1.807, 2.05) is 19.9 Å². The normalized spacial score (nSPS) is 42.7. The zero-order valence-electron chi connectivity index (χ0n) is 17.9. The highest BCUT2D eigenvalue weighted by Crippen LogP contribution is 2.77. The van der Waals surface area contributed by atoms with Gasteiger partial charge in [-0.1, -0.05) is 6.07 Å². The van der Waals surface area contributed by atoms with E-state index in [4.69, 9.17) is 20.6 Å². The number of nitrogens with two attached hydrogens (primary N) is 1. The van der Waals surface area contributed by atoms with Crippen molar-refractivity contribution in [1.29, 1.82) is 5.41 Å². The monoisotopic (exact) mass is 413 g/mol. The third-order valence-electron chi connectivity index (χ3n) is 9.52. The van der Waals surface area contributed by atoms with Crippen LogP contribution in [-0.2, 0) is 16.6 Å². The zero-order valence-corrected chi connectivity index (χ0v) is 17.9. The van der Waals surface area contributed by atoms with E-state index < -0.39 is 11.2 Å². The number of guanidine groups is 1. The van der Waals surface area contributed by atoms with E-state index in [-0.39, 0.29) is 40.6 Å². The average molecular weight is 414 g/mol. The number of aromatic hydroxyl groups is 1. The van der Waals surface area contributed by atoms with Gasteiger partial charge in [0.25, 0.3) is 0 Å². The van der Waals surface area contributed by atoms with Crippen LogP contribution in [0.4, 0.5) is 0 Å². The summed E-state index contributed by atoms with van der Waals surface area (Å²) < 4.78 is 13.0. The topological polar surface area (TPSA) is 112 Å². The Morgan fingerprint density at radius 3 is 2.77 bits per heavy atom. The number of hydrogen-bond acceptors (Lipinski definition) is 5. The second-order valence-electron chi connectivity index (χ2n) is 10.7. The molecule has 4 bridgehead atoms. The summed E-state index contributed by atoms with van der Waals surface area (Å²) >= 11 is 0. The fraction of sp³-hybridized carbons (Fsp3) is 0.696. The molecular formula is C23H31N3O4. The van der Waals surface area contributed by atoms with E-state index in [9.17, 15) is 10.2 Å². The lowest BCUT2D eigenvalue weighted by atomic mass is 9.34. The van der Waals surface area contributed by atoms with Gasteiger partial charge >= 0.3 is 0 Å². The van der Waals surface area contributed by atoms with Crippen LogP contribution in [0.3, 0.4) is 0 Å². The molecule has 2 aliphatic heterocycles. The number of likely N-dealkylation sites (tertiary alicyclic amines) is 1. The molecule has 6 aliphatic rings. The molecule has 6 atom stereocenters. The molecule has 1 aromatic rings. The molecule has 2 spiro atoms. The molecule has 2 heterocycles. The summed E-state index contributed by atoms with van der Waals surface area (Å²) in [5, 5.41) is 30.3. The molecule has 162 valence electrons. The predicted octanol–water partition coefficient (Wildman–Crippen LogP) is 1.87. The standard InChI is InChI=1S/C23H31N3O4/c1-20(2,28)14-11-21-6-7-23(14,29-3)18-22(21)8-9-26(19(24)25)15(21)10-12-4-5-13(27)17(30-18)16(12)22/h4-5,14-15,18,27-28H,6-11H2,1-3H3,(H3,24,25)/t14-,15-,18-,21-,22+,23+/m1/s1. The van der Waals surface area contributed by atoms with Gasteiger partial charge in [-0.25, -0.2) is 0 Å². The Morgan fingerprint density at radius 2 is 2.10 bits per heavy atom. The van der Waals surface area contributed by atoms with Crippen LogP contribution in [0.25, 0.3) is 0 Å². The minimum absolute atomic E-state index is 0.0813. The van der Waals surface area contributed by atoms with Gasteiger partial charge in [-0.2, -0.15) is 0 Å². The highest BCUT2D eigenvalue weighted by molar-refractivity contribution is 5.76. The zero-order chi connectivity index (χ0) is 21.3. The van der Waals surface area contributed by atoms with Crippen molar-refractivity contribution in [1.82, 2.24) is 4.90 Å². The van der Waals surface area contributed by atoms with Crippen LogP contribution in [-0.4, -0.2) is 58.1 Å². The first-order valence-electron chi connectivity index (χ1n) is 11.0. The molecule has 4 fully saturated rings. The largest absolute Gasteiger partial charge is 0.504 e. The van der Waals surface area contributed by atoms with E-state index in [2.05, 4.69) is 4.90 Å². The maximum atomic E-state index is 11.2.